The fourth-order valence-corrected chi connectivity index (χ4v) is 3.15. The minimum Gasteiger partial charge on any atom is -0.322 e. The zero-order valence-electron chi connectivity index (χ0n) is 15.1. The number of H-pyrrole nitrogens is 1. The number of carbonyl (C=O) groups is 1. The summed E-state index contributed by atoms with van der Waals surface area (Å²) in [7, 11) is 0. The summed E-state index contributed by atoms with van der Waals surface area (Å²) in [6.07, 6.45) is 1.78. The molecule has 1 amide bonds. The summed E-state index contributed by atoms with van der Waals surface area (Å²) in [6.45, 7) is 0. The van der Waals surface area contributed by atoms with Crippen molar-refractivity contribution in [3.63, 3.8) is 0 Å². The molecule has 5 aromatic rings. The molecule has 2 N–H and O–H groups in total. The van der Waals surface area contributed by atoms with E-state index in [-0.39, 0.29) is 5.91 Å². The highest BCUT2D eigenvalue weighted by Crippen LogP contribution is 2.24. The number of aromatic amines is 1. The van der Waals surface area contributed by atoms with Crippen LogP contribution in [0.5, 0.6) is 0 Å². The Morgan fingerprint density at radius 3 is 2.69 bits per heavy atom. The lowest BCUT2D eigenvalue weighted by atomic mass is 10.1. The Kier molecular flexibility index (Phi) is 4.06. The van der Waals surface area contributed by atoms with E-state index in [9.17, 15) is 4.79 Å². The molecule has 2 aromatic heterocycles. The van der Waals surface area contributed by atoms with Crippen LogP contribution in [-0.4, -0.2) is 36.3 Å². The van der Waals surface area contributed by atoms with E-state index in [4.69, 9.17) is 0 Å². The van der Waals surface area contributed by atoms with Crippen LogP contribution >= 0.6 is 0 Å². The molecule has 0 radical (unpaired) electrons. The molecule has 0 saturated carbocycles. The van der Waals surface area contributed by atoms with Gasteiger partial charge in [-0.15, -0.1) is 10.2 Å². The van der Waals surface area contributed by atoms with Crippen molar-refractivity contribution in [2.75, 3.05) is 5.32 Å². The van der Waals surface area contributed by atoms with Gasteiger partial charge in [-0.2, -0.15) is 10.3 Å². The Morgan fingerprint density at radius 1 is 0.966 bits per heavy atom. The average Bonchev–Trinajstić information content (AvgIpc) is 3.44. The maximum absolute atomic E-state index is 12.6. The van der Waals surface area contributed by atoms with Crippen molar-refractivity contribution < 1.29 is 4.79 Å². The number of hydrogen-bond acceptors (Lipinski definition) is 5. The normalized spacial score (nSPS) is 10.9. The predicted molar refractivity (Wildman–Crippen MR) is 109 cm³/mol. The predicted octanol–water partition coefficient (Wildman–Crippen LogP) is 3.46. The summed E-state index contributed by atoms with van der Waals surface area (Å²) in [5.74, 6) is 0.331. The number of benzene rings is 3. The van der Waals surface area contributed by atoms with Crippen molar-refractivity contribution in [1.29, 1.82) is 0 Å². The second-order valence-electron chi connectivity index (χ2n) is 6.44. The third-order valence-electron chi connectivity index (χ3n) is 4.56. The number of fused-ring (bicyclic) bond motifs is 1. The molecule has 0 bridgehead atoms. The Bertz CT molecular complexity index is 1290. The van der Waals surface area contributed by atoms with Gasteiger partial charge in [0.05, 0.1) is 17.4 Å². The highest BCUT2D eigenvalue weighted by molar-refractivity contribution is 6.04. The smallest absolute Gasteiger partial charge is 0.255 e. The number of amides is 1. The lowest BCUT2D eigenvalue weighted by Crippen LogP contribution is -2.12. The average molecular weight is 381 g/mol. The van der Waals surface area contributed by atoms with Gasteiger partial charge in [-0.25, -0.2) is 4.68 Å². The molecule has 0 atom stereocenters. The zero-order chi connectivity index (χ0) is 19.6. The molecule has 140 valence electrons. The maximum atomic E-state index is 12.6. The van der Waals surface area contributed by atoms with Crippen LogP contribution in [0.1, 0.15) is 10.4 Å². The number of para-hydroxylation sites is 1. The molecule has 0 aliphatic rings. The Labute approximate surface area is 165 Å². The first-order valence-electron chi connectivity index (χ1n) is 8.96. The Balaban J connectivity index is 1.51. The number of carbonyl (C=O) groups excluding carboxylic acids is 1. The second-order valence-corrected chi connectivity index (χ2v) is 6.44. The molecular weight excluding hydrogens is 366 g/mol. The van der Waals surface area contributed by atoms with Crippen LogP contribution in [0, 0.1) is 0 Å². The van der Waals surface area contributed by atoms with Crippen molar-refractivity contribution in [3.8, 4) is 17.1 Å². The fraction of sp³-hybridized carbons (Fsp3) is 0. The van der Waals surface area contributed by atoms with Crippen LogP contribution < -0.4 is 5.32 Å². The van der Waals surface area contributed by atoms with Gasteiger partial charge in [0, 0.05) is 22.2 Å². The number of nitrogens with one attached hydrogen (secondary N) is 2. The molecule has 0 fully saturated rings. The van der Waals surface area contributed by atoms with E-state index in [0.29, 0.717) is 11.4 Å². The van der Waals surface area contributed by atoms with Crippen molar-refractivity contribution in [2.24, 2.45) is 0 Å². The fourth-order valence-electron chi connectivity index (χ4n) is 3.15. The number of aromatic nitrogens is 6. The van der Waals surface area contributed by atoms with Crippen LogP contribution in [0.15, 0.2) is 79.0 Å². The number of tetrazole rings is 1. The summed E-state index contributed by atoms with van der Waals surface area (Å²) in [5, 5.41) is 22.5. The topological polar surface area (TPSA) is 101 Å². The van der Waals surface area contributed by atoms with Gasteiger partial charge in [0.15, 0.2) is 0 Å². The first-order valence-corrected chi connectivity index (χ1v) is 8.96. The summed E-state index contributed by atoms with van der Waals surface area (Å²) in [5.41, 5.74) is 3.78. The molecule has 0 unspecified atom stereocenters. The molecular formula is C21H15N7O. The largest absolute Gasteiger partial charge is 0.322 e. The van der Waals surface area contributed by atoms with Crippen LogP contribution in [0.25, 0.3) is 28.0 Å². The molecule has 5 rings (SSSR count). The molecule has 0 aliphatic heterocycles. The van der Waals surface area contributed by atoms with Gasteiger partial charge in [-0.1, -0.05) is 36.4 Å². The van der Waals surface area contributed by atoms with Crippen molar-refractivity contribution >= 4 is 22.5 Å². The molecule has 8 nitrogen and oxygen atoms in total. The van der Waals surface area contributed by atoms with Crippen molar-refractivity contribution in [3.05, 3.63) is 84.6 Å². The lowest BCUT2D eigenvalue weighted by Gasteiger charge is -2.08. The first-order chi connectivity index (χ1) is 14.3. The Hall–Kier alpha value is -4.33. The molecule has 0 spiro atoms. The number of anilines is 1. The van der Waals surface area contributed by atoms with Crippen molar-refractivity contribution in [1.82, 2.24) is 30.4 Å². The van der Waals surface area contributed by atoms with E-state index in [1.54, 1.807) is 16.9 Å². The molecule has 0 saturated heterocycles. The highest BCUT2D eigenvalue weighted by Gasteiger charge is 2.12. The van der Waals surface area contributed by atoms with Crippen molar-refractivity contribution in [2.45, 2.75) is 0 Å². The zero-order valence-corrected chi connectivity index (χ0v) is 15.1. The third-order valence-corrected chi connectivity index (χ3v) is 4.56. The van der Waals surface area contributed by atoms with Gasteiger partial charge >= 0.3 is 0 Å². The van der Waals surface area contributed by atoms with E-state index in [1.165, 1.54) is 0 Å². The van der Waals surface area contributed by atoms with Crippen LogP contribution in [0.2, 0.25) is 0 Å². The lowest BCUT2D eigenvalue weighted by molar-refractivity contribution is 0.102. The maximum Gasteiger partial charge on any atom is 0.255 e. The number of rotatable bonds is 4. The molecule has 29 heavy (non-hydrogen) atoms. The van der Waals surface area contributed by atoms with E-state index in [0.717, 1.165) is 27.8 Å². The second kappa shape index (κ2) is 7.01. The monoisotopic (exact) mass is 381 g/mol. The van der Waals surface area contributed by atoms with Gasteiger partial charge in [-0.05, 0) is 41.6 Å². The van der Waals surface area contributed by atoms with Gasteiger partial charge in [0.2, 0.25) is 5.82 Å². The molecule has 3 aromatic carbocycles. The van der Waals surface area contributed by atoms with Gasteiger partial charge in [-0.3, -0.25) is 4.79 Å². The highest BCUT2D eigenvalue weighted by atomic mass is 16.1. The minimum atomic E-state index is -0.179. The van der Waals surface area contributed by atoms with E-state index in [2.05, 4.69) is 31.0 Å². The quantitative estimate of drug-likeness (QED) is 0.496. The van der Waals surface area contributed by atoms with E-state index < -0.39 is 0 Å². The van der Waals surface area contributed by atoms with Crippen LogP contribution in [-0.2, 0) is 0 Å². The van der Waals surface area contributed by atoms with Gasteiger partial charge in [0.1, 0.15) is 0 Å². The standard InChI is InChI=1S/C21H15N7O/c29-21(23-17-6-2-1-3-7-17)15-5-4-8-18(11-15)28-19-12-14(20-24-26-27-25-20)9-10-16(19)13-22-28/h1-13H,(H,23,29)(H,24,25,26,27). The minimum absolute atomic E-state index is 0.179. The third kappa shape index (κ3) is 3.23. The summed E-state index contributed by atoms with van der Waals surface area (Å²) in [6, 6.07) is 22.5. The Morgan fingerprint density at radius 2 is 1.86 bits per heavy atom. The van der Waals surface area contributed by atoms with E-state index >= 15 is 0 Å². The van der Waals surface area contributed by atoms with Crippen LogP contribution in [0.4, 0.5) is 5.69 Å². The van der Waals surface area contributed by atoms with Gasteiger partial charge in [0.25, 0.3) is 5.91 Å². The number of hydrogen-bond donors (Lipinski definition) is 2. The first kappa shape index (κ1) is 16.8. The summed E-state index contributed by atoms with van der Waals surface area (Å²) >= 11 is 0. The van der Waals surface area contributed by atoms with Gasteiger partial charge < -0.3 is 5.32 Å². The SMILES string of the molecule is O=C(Nc1ccccc1)c1cccc(-n2ncc3ccc(-c4nn[nH]n4)cc32)c1. The summed E-state index contributed by atoms with van der Waals surface area (Å²) in [4.78, 5) is 12.6. The van der Waals surface area contributed by atoms with E-state index in [1.807, 2.05) is 66.7 Å². The molecule has 0 aliphatic carbocycles. The van der Waals surface area contributed by atoms with Crippen LogP contribution in [0.3, 0.4) is 0 Å². The number of nitrogens with zero attached hydrogens (tertiary/aromatic N) is 5. The summed E-state index contributed by atoms with van der Waals surface area (Å²) < 4.78 is 1.79. The molecule has 8 heteroatoms. The molecule has 2 heterocycles.